The molecule has 6 rings (SSSR count). The van der Waals surface area contributed by atoms with Gasteiger partial charge in [0.2, 0.25) is 23.6 Å². The Morgan fingerprint density at radius 2 is 1.17 bits per heavy atom. The lowest BCUT2D eigenvalue weighted by molar-refractivity contribution is -0.128. The summed E-state index contributed by atoms with van der Waals surface area (Å²) in [5.74, 6) is -1.66. The number of ketones is 1. The molecule has 0 saturated heterocycles. The Morgan fingerprint density at radius 3 is 1.73 bits per heavy atom. The fraction of sp³-hybridized carbons (Fsp3) is 0.159. The third-order valence-corrected chi connectivity index (χ3v) is 9.74. The van der Waals surface area contributed by atoms with Gasteiger partial charge in [-0.05, 0) is 58.7 Å². The summed E-state index contributed by atoms with van der Waals surface area (Å²) < 4.78 is 11.5. The second-order valence-corrected chi connectivity index (χ2v) is 14.3. The molecule has 0 fully saturated rings. The molecule has 1 heterocycles. The van der Waals surface area contributed by atoms with Crippen LogP contribution >= 0.6 is 11.3 Å². The number of hydrogen-bond donors (Lipinski definition) is 5. The molecule has 6 aromatic rings. The lowest BCUT2D eigenvalue weighted by atomic mass is 10.00. The number of phenols is 1. The largest absolute Gasteiger partial charge is 0.508 e. The maximum atomic E-state index is 14.1. The van der Waals surface area contributed by atoms with Crippen LogP contribution in [0.15, 0.2) is 138 Å². The Kier molecular flexibility index (Phi) is 14.1. The number of fused-ring (bicyclic) bond motifs is 1. The van der Waals surface area contributed by atoms with Crippen molar-refractivity contribution in [2.24, 2.45) is 4.99 Å². The number of alkyl carbamates (subject to hydrolysis) is 2. The minimum atomic E-state index is -1.09. The summed E-state index contributed by atoms with van der Waals surface area (Å²) in [5.41, 5.74) is 3.78. The van der Waals surface area contributed by atoms with E-state index < -0.39 is 41.9 Å². The van der Waals surface area contributed by atoms with Crippen LogP contribution in [-0.4, -0.2) is 57.9 Å². The molecule has 0 aliphatic rings. The number of aliphatic imine (C=N–C) groups is 1. The van der Waals surface area contributed by atoms with Crippen molar-refractivity contribution in [2.75, 3.05) is 0 Å². The number of rotatable bonds is 14. The van der Waals surface area contributed by atoms with E-state index in [-0.39, 0.29) is 42.8 Å². The van der Waals surface area contributed by atoms with Crippen molar-refractivity contribution in [3.05, 3.63) is 161 Å². The van der Waals surface area contributed by atoms with Gasteiger partial charge in [0.25, 0.3) is 0 Å². The molecule has 2 atom stereocenters. The molecule has 15 heteroatoms. The maximum absolute atomic E-state index is 14.1. The average Bonchev–Trinajstić information content (AvgIpc) is 3.68. The van der Waals surface area contributed by atoms with Gasteiger partial charge in [-0.15, -0.1) is 11.3 Å². The highest BCUT2D eigenvalue weighted by Crippen LogP contribution is 2.24. The predicted molar refractivity (Wildman–Crippen MR) is 222 cm³/mol. The molecule has 0 spiro atoms. The normalized spacial score (nSPS) is 11.7. The Balaban J connectivity index is 1.21. The van der Waals surface area contributed by atoms with Gasteiger partial charge in [-0.25, -0.2) is 19.6 Å². The van der Waals surface area contributed by atoms with Gasteiger partial charge < -0.3 is 25.2 Å². The van der Waals surface area contributed by atoms with Gasteiger partial charge in [-0.1, -0.05) is 97.1 Å². The molecule has 300 valence electrons. The number of aromatic hydroxyl groups is 1. The number of hydrogen-bond acceptors (Lipinski definition) is 11. The van der Waals surface area contributed by atoms with Crippen molar-refractivity contribution in [1.29, 1.82) is 0 Å². The van der Waals surface area contributed by atoms with Crippen LogP contribution in [0.4, 0.5) is 15.3 Å². The number of benzene rings is 5. The quantitative estimate of drug-likeness (QED) is 0.0463. The van der Waals surface area contributed by atoms with Gasteiger partial charge in [0.15, 0.2) is 5.01 Å². The van der Waals surface area contributed by atoms with E-state index in [1.54, 1.807) is 66.7 Å². The van der Waals surface area contributed by atoms with Crippen LogP contribution < -0.4 is 21.3 Å². The first kappa shape index (κ1) is 41.2. The third kappa shape index (κ3) is 12.6. The average molecular weight is 813 g/mol. The van der Waals surface area contributed by atoms with E-state index in [1.165, 1.54) is 30.4 Å². The van der Waals surface area contributed by atoms with E-state index in [0.29, 0.717) is 22.3 Å². The molecular weight excluding hydrogens is 773 g/mol. The number of Topliss-reactive ketones (excluding diaryl/α,β-unsaturated/α-hetero) is 1. The van der Waals surface area contributed by atoms with Crippen LogP contribution in [0, 0.1) is 0 Å². The van der Waals surface area contributed by atoms with Gasteiger partial charge in [0.1, 0.15) is 25.0 Å². The molecule has 1 unspecified atom stereocenters. The Bertz CT molecular complexity index is 2330. The van der Waals surface area contributed by atoms with Crippen LogP contribution in [-0.2, 0) is 45.1 Å². The third-order valence-electron chi connectivity index (χ3n) is 8.69. The highest BCUT2D eigenvalue weighted by atomic mass is 32.1. The Hall–Kier alpha value is -7.39. The van der Waals surface area contributed by atoms with Crippen LogP contribution in [0.25, 0.3) is 10.2 Å². The summed E-state index contributed by atoms with van der Waals surface area (Å²) >= 11 is 1.20. The number of carbonyl (C=O) groups is 5. The number of nitrogens with one attached hydrogen (secondary N) is 4. The summed E-state index contributed by atoms with van der Waals surface area (Å²) in [6, 6.07) is 36.1. The molecule has 0 aliphatic heterocycles. The molecule has 0 saturated carbocycles. The van der Waals surface area contributed by atoms with Crippen LogP contribution in [0.3, 0.4) is 0 Å². The van der Waals surface area contributed by atoms with E-state index in [1.807, 2.05) is 54.6 Å². The van der Waals surface area contributed by atoms with Crippen molar-refractivity contribution >= 4 is 63.0 Å². The SMILES string of the molecule is CC(=O)N[C@@H](Cc1ccc(O)cc1)C(=O)NC(Cc1ccc(N=C(NC(=O)OCc2ccccc2)NC(=O)OCc2ccccc2)cc1)C(=O)c1nc2ccccc2s1. The fourth-order valence-electron chi connectivity index (χ4n) is 5.80. The van der Waals surface area contributed by atoms with E-state index in [9.17, 15) is 29.1 Å². The standard InChI is InChI=1S/C44H40N6O8S/c1-28(51)45-37(25-30-18-22-34(52)23-19-30)40(54)47-36(39(53)41-48-35-14-8-9-15-38(35)59-41)24-29-16-20-33(21-17-29)46-42(49-43(55)57-26-31-10-4-2-5-11-31)50-44(56)58-27-32-12-6-3-7-13-32/h2-23,36-37,52H,24-27H2,1H3,(H,45,51)(H,47,54)(H2,46,49,50,55,56)/t36?,37-/m0/s1. The van der Waals surface area contributed by atoms with E-state index in [2.05, 4.69) is 31.2 Å². The molecule has 59 heavy (non-hydrogen) atoms. The zero-order valence-corrected chi connectivity index (χ0v) is 32.6. The van der Waals surface area contributed by atoms with Gasteiger partial charge in [0.05, 0.1) is 21.9 Å². The van der Waals surface area contributed by atoms with Gasteiger partial charge in [-0.2, -0.15) is 0 Å². The zero-order valence-electron chi connectivity index (χ0n) is 31.8. The lowest BCUT2D eigenvalue weighted by Crippen LogP contribution is -2.52. The summed E-state index contributed by atoms with van der Waals surface area (Å²) in [6.07, 6.45) is -1.60. The molecule has 5 aromatic carbocycles. The monoisotopic (exact) mass is 812 g/mol. The number of thiazole rings is 1. The lowest BCUT2D eigenvalue weighted by Gasteiger charge is -2.22. The molecule has 4 amide bonds. The van der Waals surface area contributed by atoms with Gasteiger partial charge in [0, 0.05) is 19.8 Å². The summed E-state index contributed by atoms with van der Waals surface area (Å²) in [4.78, 5) is 74.6. The maximum Gasteiger partial charge on any atom is 0.414 e. The summed E-state index contributed by atoms with van der Waals surface area (Å²) in [6.45, 7) is 1.24. The highest BCUT2D eigenvalue weighted by molar-refractivity contribution is 7.20. The number of aromatic nitrogens is 1. The molecular formula is C44H40N6O8S. The van der Waals surface area contributed by atoms with Crippen LogP contribution in [0.1, 0.15) is 39.0 Å². The van der Waals surface area contributed by atoms with Crippen molar-refractivity contribution in [3.8, 4) is 5.75 Å². The number of phenolic OH excluding ortho intramolecular Hbond substituents is 1. The second-order valence-electron chi connectivity index (χ2n) is 13.2. The van der Waals surface area contributed by atoms with E-state index in [0.717, 1.165) is 15.8 Å². The minimum Gasteiger partial charge on any atom is -0.508 e. The second kappa shape index (κ2) is 20.2. The minimum absolute atomic E-state index is 0.0249. The smallest absolute Gasteiger partial charge is 0.414 e. The van der Waals surface area contributed by atoms with E-state index in [4.69, 9.17) is 9.47 Å². The van der Waals surface area contributed by atoms with Crippen molar-refractivity contribution < 1.29 is 38.6 Å². The van der Waals surface area contributed by atoms with Gasteiger partial charge in [-0.3, -0.25) is 25.0 Å². The number of ether oxygens (including phenoxy) is 2. The van der Waals surface area contributed by atoms with Gasteiger partial charge >= 0.3 is 12.2 Å². The first-order valence-electron chi connectivity index (χ1n) is 18.5. The number of guanidine groups is 1. The summed E-state index contributed by atoms with van der Waals surface area (Å²) in [5, 5.41) is 20.4. The fourth-order valence-corrected chi connectivity index (χ4v) is 6.76. The topological polar surface area (TPSA) is 197 Å². The van der Waals surface area contributed by atoms with Crippen molar-refractivity contribution in [2.45, 2.75) is 45.1 Å². The first-order chi connectivity index (χ1) is 28.6. The molecule has 14 nitrogen and oxygen atoms in total. The Morgan fingerprint density at radius 1 is 0.644 bits per heavy atom. The van der Waals surface area contributed by atoms with Crippen molar-refractivity contribution in [3.63, 3.8) is 0 Å². The number of para-hydroxylation sites is 1. The van der Waals surface area contributed by atoms with Crippen LogP contribution in [0.2, 0.25) is 0 Å². The van der Waals surface area contributed by atoms with Crippen molar-refractivity contribution in [1.82, 2.24) is 26.3 Å². The molecule has 0 bridgehead atoms. The predicted octanol–water partition coefficient (Wildman–Crippen LogP) is 6.50. The molecule has 0 radical (unpaired) electrons. The van der Waals surface area contributed by atoms with Crippen LogP contribution in [0.5, 0.6) is 5.75 Å². The van der Waals surface area contributed by atoms with E-state index >= 15 is 0 Å². The molecule has 1 aromatic heterocycles. The molecule has 0 aliphatic carbocycles. The number of amides is 4. The Labute approximate surface area is 343 Å². The number of nitrogens with zero attached hydrogens (tertiary/aromatic N) is 2. The summed E-state index contributed by atoms with van der Waals surface area (Å²) in [7, 11) is 0. The zero-order chi connectivity index (χ0) is 41.6. The highest BCUT2D eigenvalue weighted by Gasteiger charge is 2.29. The number of carbonyl (C=O) groups excluding carboxylic acids is 5. The first-order valence-corrected chi connectivity index (χ1v) is 19.3. The molecule has 5 N–H and O–H groups in total.